The molecule has 2 rings (SSSR count). The maximum atomic E-state index is 6.04. The highest BCUT2D eigenvalue weighted by Crippen LogP contribution is 2.34. The molecule has 1 aliphatic heterocycles. The molecule has 0 bridgehead atoms. The average Bonchev–Trinajstić information content (AvgIpc) is 2.78. The Kier molecular flexibility index (Phi) is 4.25. The molecule has 1 N–H and O–H groups in total. The van der Waals surface area contributed by atoms with Gasteiger partial charge >= 0.3 is 0 Å². The molecule has 0 saturated carbocycles. The zero-order chi connectivity index (χ0) is 11.5. The van der Waals surface area contributed by atoms with E-state index in [9.17, 15) is 0 Å². The van der Waals surface area contributed by atoms with Crippen molar-refractivity contribution in [2.24, 2.45) is 5.92 Å². The van der Waals surface area contributed by atoms with Gasteiger partial charge in [-0.05, 0) is 37.2 Å². The second kappa shape index (κ2) is 5.50. The van der Waals surface area contributed by atoms with Crippen LogP contribution in [0.15, 0.2) is 22.7 Å². The summed E-state index contributed by atoms with van der Waals surface area (Å²) < 4.78 is 6.54. The van der Waals surface area contributed by atoms with Crippen LogP contribution in [-0.4, -0.2) is 20.3 Å². The summed E-state index contributed by atoms with van der Waals surface area (Å²) in [6.45, 7) is 1.69. The van der Waals surface area contributed by atoms with E-state index < -0.39 is 0 Å². The summed E-state index contributed by atoms with van der Waals surface area (Å²) in [4.78, 5) is 0. The number of nitrogens with one attached hydrogen (secondary N) is 1. The lowest BCUT2D eigenvalue weighted by atomic mass is 9.92. The molecule has 4 heteroatoms. The Hall–Kier alpha value is -0.0900. The fraction of sp³-hybridized carbons (Fsp3) is 0.500. The van der Waals surface area contributed by atoms with Crippen molar-refractivity contribution in [3.63, 3.8) is 0 Å². The molecule has 1 saturated heterocycles. The Labute approximate surface area is 109 Å². The van der Waals surface area contributed by atoms with Crippen LogP contribution in [0.25, 0.3) is 0 Å². The molecular formula is C12H15BrClNO. The molecule has 88 valence electrons. The van der Waals surface area contributed by atoms with E-state index in [1.807, 2.05) is 25.2 Å². The van der Waals surface area contributed by atoms with Gasteiger partial charge in [-0.25, -0.2) is 0 Å². The number of hydrogen-bond donors (Lipinski definition) is 1. The van der Waals surface area contributed by atoms with E-state index in [0.717, 1.165) is 29.1 Å². The first-order valence-electron chi connectivity index (χ1n) is 5.42. The Bertz CT molecular complexity index is 366. The normalized spacial score (nSPS) is 22.3. The van der Waals surface area contributed by atoms with Gasteiger partial charge in [-0.1, -0.05) is 27.5 Å². The van der Waals surface area contributed by atoms with Crippen LogP contribution in [0.4, 0.5) is 0 Å². The number of halogens is 2. The van der Waals surface area contributed by atoms with Gasteiger partial charge in [0.15, 0.2) is 0 Å². The van der Waals surface area contributed by atoms with Crippen molar-refractivity contribution in [1.29, 1.82) is 0 Å². The molecule has 0 amide bonds. The molecule has 16 heavy (non-hydrogen) atoms. The summed E-state index contributed by atoms with van der Waals surface area (Å²) in [6, 6.07) is 6.21. The first-order chi connectivity index (χ1) is 7.72. The summed E-state index contributed by atoms with van der Waals surface area (Å²) in [5.74, 6) is 0.528. The highest BCUT2D eigenvalue weighted by atomic mass is 79.9. The second-order valence-electron chi connectivity index (χ2n) is 4.06. The minimum absolute atomic E-state index is 0.301. The van der Waals surface area contributed by atoms with Gasteiger partial charge < -0.3 is 10.1 Å². The third-order valence-corrected chi connectivity index (χ3v) is 4.00. The van der Waals surface area contributed by atoms with Gasteiger partial charge in [-0.15, -0.1) is 0 Å². The van der Waals surface area contributed by atoms with Crippen molar-refractivity contribution in [3.8, 4) is 0 Å². The predicted octanol–water partition coefficient (Wildman–Crippen LogP) is 3.40. The van der Waals surface area contributed by atoms with E-state index in [0.29, 0.717) is 12.0 Å². The van der Waals surface area contributed by atoms with Crippen LogP contribution < -0.4 is 5.32 Å². The van der Waals surface area contributed by atoms with Crippen LogP contribution >= 0.6 is 27.5 Å². The molecule has 0 radical (unpaired) electrons. The summed E-state index contributed by atoms with van der Waals surface area (Å²) >= 11 is 9.62. The lowest BCUT2D eigenvalue weighted by molar-refractivity contribution is 0.177. The van der Waals surface area contributed by atoms with E-state index >= 15 is 0 Å². The van der Waals surface area contributed by atoms with Gasteiger partial charge in [0.2, 0.25) is 0 Å². The van der Waals surface area contributed by atoms with Gasteiger partial charge in [0.25, 0.3) is 0 Å². The maximum Gasteiger partial charge on any atom is 0.0513 e. The van der Waals surface area contributed by atoms with Gasteiger partial charge in [0, 0.05) is 28.1 Å². The molecule has 1 aromatic carbocycles. The predicted molar refractivity (Wildman–Crippen MR) is 69.9 cm³/mol. The highest BCUT2D eigenvalue weighted by Gasteiger charge is 2.27. The second-order valence-corrected chi connectivity index (χ2v) is 5.35. The molecule has 1 aromatic rings. The first kappa shape index (κ1) is 12.4. The first-order valence-corrected chi connectivity index (χ1v) is 6.59. The van der Waals surface area contributed by atoms with Crippen molar-refractivity contribution in [2.75, 3.05) is 20.3 Å². The molecular weight excluding hydrogens is 289 g/mol. The van der Waals surface area contributed by atoms with E-state index in [1.165, 1.54) is 5.56 Å². The molecule has 2 unspecified atom stereocenters. The van der Waals surface area contributed by atoms with Crippen LogP contribution in [0, 0.1) is 5.92 Å². The fourth-order valence-corrected chi connectivity index (χ4v) is 2.89. The number of ether oxygens (including phenoxy) is 1. The lowest BCUT2D eigenvalue weighted by Gasteiger charge is -2.23. The Morgan fingerprint density at radius 2 is 2.38 bits per heavy atom. The van der Waals surface area contributed by atoms with Crippen molar-refractivity contribution in [1.82, 2.24) is 5.32 Å². The van der Waals surface area contributed by atoms with Crippen molar-refractivity contribution < 1.29 is 4.74 Å². The van der Waals surface area contributed by atoms with Crippen LogP contribution in [0.1, 0.15) is 18.0 Å². The van der Waals surface area contributed by atoms with Gasteiger partial charge in [0.1, 0.15) is 0 Å². The van der Waals surface area contributed by atoms with Gasteiger partial charge in [-0.3, -0.25) is 0 Å². The van der Waals surface area contributed by atoms with E-state index in [-0.39, 0.29) is 0 Å². The molecule has 0 aliphatic carbocycles. The van der Waals surface area contributed by atoms with E-state index in [2.05, 4.69) is 21.2 Å². The smallest absolute Gasteiger partial charge is 0.0513 e. The van der Waals surface area contributed by atoms with Crippen LogP contribution in [0.5, 0.6) is 0 Å². The third kappa shape index (κ3) is 2.59. The molecule has 1 fully saturated rings. The van der Waals surface area contributed by atoms with Gasteiger partial charge in [0.05, 0.1) is 6.61 Å². The zero-order valence-corrected chi connectivity index (χ0v) is 11.5. The number of benzene rings is 1. The largest absolute Gasteiger partial charge is 0.381 e. The molecule has 1 aliphatic rings. The van der Waals surface area contributed by atoms with Crippen molar-refractivity contribution in [3.05, 3.63) is 33.3 Å². The van der Waals surface area contributed by atoms with Crippen molar-refractivity contribution >= 4 is 27.5 Å². The van der Waals surface area contributed by atoms with Crippen LogP contribution in [0.2, 0.25) is 5.02 Å². The maximum absolute atomic E-state index is 6.04. The van der Waals surface area contributed by atoms with Crippen LogP contribution in [0.3, 0.4) is 0 Å². The molecule has 0 spiro atoms. The number of rotatable bonds is 3. The Balaban J connectivity index is 2.28. The molecule has 0 aromatic heterocycles. The number of hydrogen-bond acceptors (Lipinski definition) is 2. The summed E-state index contributed by atoms with van der Waals surface area (Å²) in [5, 5.41) is 4.14. The van der Waals surface area contributed by atoms with E-state index in [4.69, 9.17) is 16.3 Å². The quantitative estimate of drug-likeness (QED) is 0.924. The molecule has 1 heterocycles. The minimum atomic E-state index is 0.301. The van der Waals surface area contributed by atoms with Crippen LogP contribution in [-0.2, 0) is 4.74 Å². The summed E-state index contributed by atoms with van der Waals surface area (Å²) in [7, 11) is 1.98. The highest BCUT2D eigenvalue weighted by molar-refractivity contribution is 9.10. The average molecular weight is 305 g/mol. The minimum Gasteiger partial charge on any atom is -0.381 e. The van der Waals surface area contributed by atoms with E-state index in [1.54, 1.807) is 0 Å². The standard InChI is InChI=1S/C12H15BrClNO/c1-15-12(8-4-5-16-7-8)10-6-9(14)2-3-11(10)13/h2-3,6,8,12,15H,4-5,7H2,1H3. The SMILES string of the molecule is CNC(c1cc(Cl)ccc1Br)C1CCOC1. The van der Waals surface area contributed by atoms with Gasteiger partial charge in [-0.2, -0.15) is 0 Å². The summed E-state index contributed by atoms with van der Waals surface area (Å²) in [6.07, 6.45) is 1.10. The molecule has 2 atom stereocenters. The zero-order valence-electron chi connectivity index (χ0n) is 9.17. The Morgan fingerprint density at radius 1 is 1.56 bits per heavy atom. The topological polar surface area (TPSA) is 21.3 Å². The Morgan fingerprint density at radius 3 is 3.00 bits per heavy atom. The fourth-order valence-electron chi connectivity index (χ4n) is 2.21. The molecule has 2 nitrogen and oxygen atoms in total. The summed E-state index contributed by atoms with van der Waals surface area (Å²) in [5.41, 5.74) is 1.21. The lowest BCUT2D eigenvalue weighted by Crippen LogP contribution is -2.25. The van der Waals surface area contributed by atoms with Crippen molar-refractivity contribution in [2.45, 2.75) is 12.5 Å². The monoisotopic (exact) mass is 303 g/mol. The third-order valence-electron chi connectivity index (χ3n) is 3.04.